The van der Waals surface area contributed by atoms with Gasteiger partial charge in [-0.15, -0.1) is 0 Å². The van der Waals surface area contributed by atoms with Crippen LogP contribution < -0.4 is 5.01 Å². The third kappa shape index (κ3) is 3.14. The molecule has 0 radical (unpaired) electrons. The normalized spacial score (nSPS) is 10.7. The lowest BCUT2D eigenvalue weighted by molar-refractivity contribution is 0.628. The van der Waals surface area contributed by atoms with Crippen molar-refractivity contribution in [1.29, 1.82) is 0 Å². The quantitative estimate of drug-likeness (QED) is 0.581. The number of nitrogens with zero attached hydrogens (tertiary/aromatic N) is 2. The first-order chi connectivity index (χ1) is 8.25. The van der Waals surface area contributed by atoms with Crippen LogP contribution in [0.5, 0.6) is 0 Å². The Labute approximate surface area is 100 Å². The molecule has 0 heterocycles. The number of para-hydroxylation sites is 1. The molecule has 0 atom stereocenters. The minimum absolute atomic E-state index is 0.237. The van der Waals surface area contributed by atoms with Crippen LogP contribution in [0.25, 0.3) is 0 Å². The van der Waals surface area contributed by atoms with Gasteiger partial charge in [-0.1, -0.05) is 30.3 Å². The predicted octanol–water partition coefficient (Wildman–Crippen LogP) is 3.30. The van der Waals surface area contributed by atoms with Crippen LogP contribution in [0.2, 0.25) is 0 Å². The molecule has 0 saturated heterocycles. The van der Waals surface area contributed by atoms with Crippen LogP contribution in [-0.4, -0.2) is 13.3 Å². The molecule has 0 unspecified atom stereocenters. The molecule has 2 nitrogen and oxygen atoms in total. The molecular weight excluding hydrogens is 215 g/mol. The smallest absolute Gasteiger partial charge is 0.123 e. The Morgan fingerprint density at radius 2 is 1.65 bits per heavy atom. The molecule has 0 fully saturated rings. The molecule has 2 aromatic carbocycles. The summed E-state index contributed by atoms with van der Waals surface area (Å²) in [4.78, 5) is 0. The zero-order chi connectivity index (χ0) is 12.1. The average Bonchev–Trinajstić information content (AvgIpc) is 2.39. The Bertz CT molecular complexity index is 491. The highest BCUT2D eigenvalue weighted by Gasteiger charge is 1.95. The summed E-state index contributed by atoms with van der Waals surface area (Å²) in [6.45, 7) is 0. The van der Waals surface area contributed by atoms with Crippen LogP contribution in [0.15, 0.2) is 59.7 Å². The molecule has 0 aromatic heterocycles. The number of hydrazone groups is 1. The number of hydrogen-bond acceptors (Lipinski definition) is 2. The topological polar surface area (TPSA) is 15.6 Å². The van der Waals surface area contributed by atoms with E-state index >= 15 is 0 Å². The molecule has 17 heavy (non-hydrogen) atoms. The summed E-state index contributed by atoms with van der Waals surface area (Å²) in [5.74, 6) is -0.237. The maximum atomic E-state index is 12.7. The first-order valence-corrected chi connectivity index (χ1v) is 5.34. The second-order valence-corrected chi connectivity index (χ2v) is 3.66. The van der Waals surface area contributed by atoms with Crippen molar-refractivity contribution < 1.29 is 4.39 Å². The maximum Gasteiger partial charge on any atom is 0.123 e. The van der Waals surface area contributed by atoms with Crippen molar-refractivity contribution in [3.8, 4) is 0 Å². The van der Waals surface area contributed by atoms with Gasteiger partial charge in [0.05, 0.1) is 11.9 Å². The highest BCUT2D eigenvalue weighted by Crippen LogP contribution is 2.11. The van der Waals surface area contributed by atoms with E-state index in [2.05, 4.69) is 5.10 Å². The fourth-order valence-corrected chi connectivity index (χ4v) is 1.41. The van der Waals surface area contributed by atoms with Crippen LogP contribution >= 0.6 is 0 Å². The molecule has 3 heteroatoms. The first kappa shape index (κ1) is 11.3. The lowest BCUT2D eigenvalue weighted by Crippen LogP contribution is -2.08. The van der Waals surface area contributed by atoms with Gasteiger partial charge in [0, 0.05) is 7.05 Å². The van der Waals surface area contributed by atoms with Crippen molar-refractivity contribution in [3.05, 3.63) is 66.0 Å². The molecule has 0 spiro atoms. The Balaban J connectivity index is 2.08. The van der Waals surface area contributed by atoms with Gasteiger partial charge < -0.3 is 0 Å². The Kier molecular flexibility index (Phi) is 3.50. The number of halogens is 1. The number of benzene rings is 2. The minimum Gasteiger partial charge on any atom is -0.269 e. The zero-order valence-corrected chi connectivity index (χ0v) is 9.55. The molecule has 2 rings (SSSR count). The summed E-state index contributed by atoms with van der Waals surface area (Å²) in [7, 11) is 1.87. The van der Waals surface area contributed by atoms with Gasteiger partial charge in [-0.2, -0.15) is 5.10 Å². The summed E-state index contributed by atoms with van der Waals surface area (Å²) in [6.07, 6.45) is 1.70. The number of anilines is 1. The highest BCUT2D eigenvalue weighted by atomic mass is 19.1. The highest BCUT2D eigenvalue weighted by molar-refractivity contribution is 5.80. The summed E-state index contributed by atoms with van der Waals surface area (Å²) >= 11 is 0. The Morgan fingerprint density at radius 3 is 2.29 bits per heavy atom. The van der Waals surface area contributed by atoms with Crippen LogP contribution in [-0.2, 0) is 0 Å². The molecule has 0 aliphatic rings. The fourth-order valence-electron chi connectivity index (χ4n) is 1.41. The van der Waals surface area contributed by atoms with Crippen molar-refractivity contribution in [2.75, 3.05) is 12.1 Å². The maximum absolute atomic E-state index is 12.7. The first-order valence-electron chi connectivity index (χ1n) is 5.34. The molecule has 0 N–H and O–H groups in total. The molecule has 2 aromatic rings. The number of hydrogen-bond donors (Lipinski definition) is 0. The van der Waals surface area contributed by atoms with Crippen molar-refractivity contribution in [2.45, 2.75) is 0 Å². The van der Waals surface area contributed by atoms with Crippen molar-refractivity contribution >= 4 is 11.9 Å². The van der Waals surface area contributed by atoms with Crippen LogP contribution in [0.1, 0.15) is 5.56 Å². The van der Waals surface area contributed by atoms with E-state index in [1.807, 2.05) is 37.4 Å². The van der Waals surface area contributed by atoms with Gasteiger partial charge >= 0.3 is 0 Å². The zero-order valence-electron chi connectivity index (χ0n) is 9.55. The molecule has 0 saturated carbocycles. The van der Waals surface area contributed by atoms with Gasteiger partial charge in [-0.3, -0.25) is 5.01 Å². The summed E-state index contributed by atoms with van der Waals surface area (Å²) in [6, 6.07) is 16.0. The fraction of sp³-hybridized carbons (Fsp3) is 0.0714. The van der Waals surface area contributed by atoms with Crippen LogP contribution in [0, 0.1) is 5.82 Å². The predicted molar refractivity (Wildman–Crippen MR) is 68.8 cm³/mol. The SMILES string of the molecule is CN(/N=C/c1ccc(F)cc1)c1ccccc1. The lowest BCUT2D eigenvalue weighted by Gasteiger charge is -2.11. The third-order valence-corrected chi connectivity index (χ3v) is 2.38. The summed E-state index contributed by atoms with van der Waals surface area (Å²) in [5.41, 5.74) is 1.88. The molecule has 0 aliphatic heterocycles. The standard InChI is InChI=1S/C14H13FN2/c1-17(14-5-3-2-4-6-14)16-11-12-7-9-13(15)10-8-12/h2-11H,1H3/b16-11+. The van der Waals surface area contributed by atoms with Crippen molar-refractivity contribution in [2.24, 2.45) is 5.10 Å². The van der Waals surface area contributed by atoms with Gasteiger partial charge in [0.2, 0.25) is 0 Å². The summed E-state index contributed by atoms with van der Waals surface area (Å²) in [5, 5.41) is 6.05. The van der Waals surface area contributed by atoms with Gasteiger partial charge in [0.1, 0.15) is 5.82 Å². The van der Waals surface area contributed by atoms with Crippen molar-refractivity contribution in [1.82, 2.24) is 0 Å². The van der Waals surface area contributed by atoms with E-state index in [9.17, 15) is 4.39 Å². The molecule has 0 amide bonds. The average molecular weight is 228 g/mol. The van der Waals surface area contributed by atoms with E-state index in [4.69, 9.17) is 0 Å². The molecule has 0 bridgehead atoms. The van der Waals surface area contributed by atoms with E-state index in [1.165, 1.54) is 12.1 Å². The lowest BCUT2D eigenvalue weighted by atomic mass is 10.2. The number of rotatable bonds is 3. The Morgan fingerprint density at radius 1 is 1.00 bits per heavy atom. The molecule has 86 valence electrons. The van der Waals surface area contributed by atoms with Crippen molar-refractivity contribution in [3.63, 3.8) is 0 Å². The van der Waals surface area contributed by atoms with Gasteiger partial charge in [-0.25, -0.2) is 4.39 Å². The molecular formula is C14H13FN2. The van der Waals surface area contributed by atoms with E-state index in [0.717, 1.165) is 11.3 Å². The second-order valence-electron chi connectivity index (χ2n) is 3.66. The van der Waals surface area contributed by atoms with E-state index < -0.39 is 0 Å². The van der Waals surface area contributed by atoms with Gasteiger partial charge in [0.15, 0.2) is 0 Å². The summed E-state index contributed by atoms with van der Waals surface area (Å²) < 4.78 is 12.7. The third-order valence-electron chi connectivity index (χ3n) is 2.38. The van der Waals surface area contributed by atoms with Crippen LogP contribution in [0.4, 0.5) is 10.1 Å². The van der Waals surface area contributed by atoms with Gasteiger partial charge in [0.25, 0.3) is 0 Å². The van der Waals surface area contributed by atoms with E-state index in [1.54, 1.807) is 23.4 Å². The second kappa shape index (κ2) is 5.25. The van der Waals surface area contributed by atoms with E-state index in [-0.39, 0.29) is 5.82 Å². The minimum atomic E-state index is -0.237. The molecule has 0 aliphatic carbocycles. The van der Waals surface area contributed by atoms with Gasteiger partial charge in [-0.05, 0) is 29.8 Å². The van der Waals surface area contributed by atoms with Crippen LogP contribution in [0.3, 0.4) is 0 Å². The largest absolute Gasteiger partial charge is 0.269 e. The monoisotopic (exact) mass is 228 g/mol. The Hall–Kier alpha value is -2.16. The van der Waals surface area contributed by atoms with E-state index in [0.29, 0.717) is 0 Å².